The molecule has 4 unspecified atom stereocenters. The lowest BCUT2D eigenvalue weighted by Gasteiger charge is -2.23. The normalized spacial score (nSPS) is 27.8. The first kappa shape index (κ1) is 14.4. The number of carbonyl (C=O) groups excluding carboxylic acids is 1. The number of likely N-dealkylation sites (N-methyl/N-ethyl adjacent to an activating group) is 1. The molecule has 0 aromatic heterocycles. The molecule has 0 aromatic carbocycles. The van der Waals surface area contributed by atoms with Crippen molar-refractivity contribution in [3.63, 3.8) is 0 Å². The smallest absolute Gasteiger partial charge is 0.227 e. The minimum atomic E-state index is -0.122. The molecule has 0 aliphatic carbocycles. The van der Waals surface area contributed by atoms with Crippen LogP contribution in [0.2, 0.25) is 0 Å². The Morgan fingerprint density at radius 1 is 1.47 bits per heavy atom. The van der Waals surface area contributed by atoms with E-state index in [1.165, 1.54) is 0 Å². The number of rotatable bonds is 6. The molecule has 5 nitrogen and oxygen atoms in total. The van der Waals surface area contributed by atoms with Crippen molar-refractivity contribution in [1.82, 2.24) is 10.6 Å². The average molecular weight is 244 g/mol. The van der Waals surface area contributed by atoms with E-state index in [1.54, 1.807) is 0 Å². The van der Waals surface area contributed by atoms with Crippen molar-refractivity contribution in [3.8, 4) is 0 Å². The zero-order chi connectivity index (χ0) is 12.8. The molecule has 1 aliphatic heterocycles. The molecule has 100 valence electrons. The van der Waals surface area contributed by atoms with Crippen LogP contribution in [0.25, 0.3) is 0 Å². The maximum absolute atomic E-state index is 12.0. The summed E-state index contributed by atoms with van der Waals surface area (Å²) in [5.41, 5.74) is 0. The van der Waals surface area contributed by atoms with Crippen molar-refractivity contribution in [3.05, 3.63) is 0 Å². The Labute approximate surface area is 103 Å². The van der Waals surface area contributed by atoms with Crippen LogP contribution < -0.4 is 10.6 Å². The maximum atomic E-state index is 12.0. The van der Waals surface area contributed by atoms with Gasteiger partial charge in [0, 0.05) is 18.7 Å². The van der Waals surface area contributed by atoms with Crippen LogP contribution in [0.1, 0.15) is 20.8 Å². The van der Waals surface area contributed by atoms with Gasteiger partial charge in [0.15, 0.2) is 0 Å². The second-order valence-electron chi connectivity index (χ2n) is 4.77. The third kappa shape index (κ3) is 3.94. The summed E-state index contributed by atoms with van der Waals surface area (Å²) in [6.07, 6.45) is 0. The standard InChI is InChI=1S/C12H24N2O3/c1-4-13-11-7-17-6-10(11)12(16)14-9(3)8(2)5-15/h8-11,13,15H,4-7H2,1-3H3,(H,14,16). The lowest BCUT2D eigenvalue weighted by Crippen LogP contribution is -2.48. The number of amides is 1. The van der Waals surface area contributed by atoms with Gasteiger partial charge in [-0.2, -0.15) is 0 Å². The molecule has 17 heavy (non-hydrogen) atoms. The van der Waals surface area contributed by atoms with Crippen LogP contribution in [0, 0.1) is 11.8 Å². The number of carbonyl (C=O) groups is 1. The van der Waals surface area contributed by atoms with Gasteiger partial charge in [0.1, 0.15) is 0 Å². The van der Waals surface area contributed by atoms with Gasteiger partial charge < -0.3 is 20.5 Å². The minimum Gasteiger partial charge on any atom is -0.396 e. The second kappa shape index (κ2) is 6.93. The Hall–Kier alpha value is -0.650. The summed E-state index contributed by atoms with van der Waals surface area (Å²) in [4.78, 5) is 12.0. The molecule has 1 heterocycles. The van der Waals surface area contributed by atoms with Gasteiger partial charge in [-0.1, -0.05) is 13.8 Å². The highest BCUT2D eigenvalue weighted by Gasteiger charge is 2.34. The highest BCUT2D eigenvalue weighted by molar-refractivity contribution is 5.80. The molecule has 0 spiro atoms. The lowest BCUT2D eigenvalue weighted by molar-refractivity contribution is -0.126. The predicted molar refractivity (Wildman–Crippen MR) is 65.6 cm³/mol. The van der Waals surface area contributed by atoms with E-state index in [4.69, 9.17) is 9.84 Å². The summed E-state index contributed by atoms with van der Waals surface area (Å²) in [5, 5.41) is 15.2. The van der Waals surface area contributed by atoms with Gasteiger partial charge in [0.05, 0.1) is 19.1 Å². The molecule has 5 heteroatoms. The fourth-order valence-electron chi connectivity index (χ4n) is 1.91. The molecule has 1 fully saturated rings. The maximum Gasteiger partial charge on any atom is 0.227 e. The molecular weight excluding hydrogens is 220 g/mol. The topological polar surface area (TPSA) is 70.6 Å². The van der Waals surface area contributed by atoms with Crippen molar-refractivity contribution >= 4 is 5.91 Å². The molecule has 3 N–H and O–H groups in total. The number of aliphatic hydroxyl groups excluding tert-OH is 1. The van der Waals surface area contributed by atoms with E-state index >= 15 is 0 Å². The third-order valence-corrected chi connectivity index (χ3v) is 3.40. The highest BCUT2D eigenvalue weighted by Crippen LogP contribution is 2.14. The van der Waals surface area contributed by atoms with Crippen LogP contribution in [0.15, 0.2) is 0 Å². The van der Waals surface area contributed by atoms with Crippen molar-refractivity contribution in [2.45, 2.75) is 32.9 Å². The van der Waals surface area contributed by atoms with E-state index < -0.39 is 0 Å². The molecular formula is C12H24N2O3. The largest absolute Gasteiger partial charge is 0.396 e. The van der Waals surface area contributed by atoms with Gasteiger partial charge in [-0.05, 0) is 19.4 Å². The quantitative estimate of drug-likeness (QED) is 0.602. The first-order valence-corrected chi connectivity index (χ1v) is 6.32. The first-order chi connectivity index (χ1) is 8.10. The molecule has 1 rings (SSSR count). The number of nitrogens with one attached hydrogen (secondary N) is 2. The molecule has 0 radical (unpaired) electrons. The second-order valence-corrected chi connectivity index (χ2v) is 4.77. The summed E-state index contributed by atoms with van der Waals surface area (Å²) >= 11 is 0. The zero-order valence-corrected chi connectivity index (χ0v) is 10.9. The van der Waals surface area contributed by atoms with Crippen molar-refractivity contribution < 1.29 is 14.6 Å². The third-order valence-electron chi connectivity index (χ3n) is 3.40. The molecule has 0 bridgehead atoms. The van der Waals surface area contributed by atoms with E-state index in [2.05, 4.69) is 10.6 Å². The number of hydrogen-bond acceptors (Lipinski definition) is 4. The van der Waals surface area contributed by atoms with Crippen molar-refractivity contribution in [1.29, 1.82) is 0 Å². The Kier molecular flexibility index (Phi) is 5.88. The van der Waals surface area contributed by atoms with Crippen LogP contribution in [-0.4, -0.2) is 49.5 Å². The van der Waals surface area contributed by atoms with E-state index in [-0.39, 0.29) is 36.4 Å². The molecule has 1 aliphatic rings. The van der Waals surface area contributed by atoms with E-state index in [0.29, 0.717) is 13.2 Å². The summed E-state index contributed by atoms with van der Waals surface area (Å²) < 4.78 is 5.34. The summed E-state index contributed by atoms with van der Waals surface area (Å²) in [6, 6.07) is 0.0898. The molecule has 0 saturated carbocycles. The Balaban J connectivity index is 2.46. The fourth-order valence-corrected chi connectivity index (χ4v) is 1.91. The number of hydrogen-bond donors (Lipinski definition) is 3. The van der Waals surface area contributed by atoms with Gasteiger partial charge >= 0.3 is 0 Å². The van der Waals surface area contributed by atoms with Gasteiger partial charge in [0.25, 0.3) is 0 Å². The molecule has 1 amide bonds. The van der Waals surface area contributed by atoms with Gasteiger partial charge in [0.2, 0.25) is 5.91 Å². The SMILES string of the molecule is CCNC1COCC1C(=O)NC(C)C(C)CO. The fraction of sp³-hybridized carbons (Fsp3) is 0.917. The molecule has 4 atom stereocenters. The van der Waals surface area contributed by atoms with Gasteiger partial charge in [-0.25, -0.2) is 0 Å². The van der Waals surface area contributed by atoms with Crippen LogP contribution >= 0.6 is 0 Å². The lowest BCUT2D eigenvalue weighted by atomic mass is 10.00. The molecule has 1 saturated heterocycles. The molecule has 0 aromatic rings. The minimum absolute atomic E-state index is 0.0150. The van der Waals surface area contributed by atoms with Crippen LogP contribution in [0.5, 0.6) is 0 Å². The zero-order valence-electron chi connectivity index (χ0n) is 10.9. The monoisotopic (exact) mass is 244 g/mol. The van der Waals surface area contributed by atoms with Crippen molar-refractivity contribution in [2.75, 3.05) is 26.4 Å². The van der Waals surface area contributed by atoms with Crippen LogP contribution in [0.4, 0.5) is 0 Å². The van der Waals surface area contributed by atoms with E-state index in [1.807, 2.05) is 20.8 Å². The highest BCUT2D eigenvalue weighted by atomic mass is 16.5. The van der Waals surface area contributed by atoms with Gasteiger partial charge in [-0.15, -0.1) is 0 Å². The Morgan fingerprint density at radius 2 is 2.18 bits per heavy atom. The van der Waals surface area contributed by atoms with Crippen molar-refractivity contribution in [2.24, 2.45) is 11.8 Å². The number of aliphatic hydroxyl groups is 1. The van der Waals surface area contributed by atoms with Crippen LogP contribution in [0.3, 0.4) is 0 Å². The Morgan fingerprint density at radius 3 is 2.76 bits per heavy atom. The summed E-state index contributed by atoms with van der Waals surface area (Å²) in [7, 11) is 0. The predicted octanol–water partition coefficient (Wildman–Crippen LogP) is -0.256. The van der Waals surface area contributed by atoms with E-state index in [9.17, 15) is 4.79 Å². The summed E-state index contributed by atoms with van der Waals surface area (Å²) in [6.45, 7) is 7.83. The van der Waals surface area contributed by atoms with E-state index in [0.717, 1.165) is 6.54 Å². The summed E-state index contributed by atoms with van der Waals surface area (Å²) in [5.74, 6) is -0.0385. The van der Waals surface area contributed by atoms with Gasteiger partial charge in [-0.3, -0.25) is 4.79 Å². The average Bonchev–Trinajstić information content (AvgIpc) is 2.76. The Bertz CT molecular complexity index is 248. The first-order valence-electron chi connectivity index (χ1n) is 6.32. The van der Waals surface area contributed by atoms with Crippen LogP contribution in [-0.2, 0) is 9.53 Å². The number of ether oxygens (including phenoxy) is 1.